The van der Waals surface area contributed by atoms with Crippen molar-refractivity contribution in [2.24, 2.45) is 10.9 Å². The third kappa shape index (κ3) is 10.4. The van der Waals surface area contributed by atoms with Gasteiger partial charge in [-0.2, -0.15) is 0 Å². The van der Waals surface area contributed by atoms with Crippen LogP contribution in [0.3, 0.4) is 0 Å². The van der Waals surface area contributed by atoms with Crippen molar-refractivity contribution in [2.75, 3.05) is 39.8 Å². The average Bonchev–Trinajstić information content (AvgIpc) is 2.54. The molecule has 158 valence electrons. The highest BCUT2D eigenvalue weighted by molar-refractivity contribution is 5.79. The van der Waals surface area contributed by atoms with Crippen LogP contribution in [0.25, 0.3) is 0 Å². The van der Waals surface area contributed by atoms with Crippen molar-refractivity contribution in [2.45, 2.75) is 71.9 Å². The molecule has 0 saturated carbocycles. The van der Waals surface area contributed by atoms with Crippen LogP contribution < -0.4 is 16.0 Å². The SMILES string of the molecule is CCCN1CCC(CNC(=NC)NCC(C)(C)NC(=O)OC(C)(C)C)CC1. The van der Waals surface area contributed by atoms with E-state index in [4.69, 9.17) is 4.74 Å². The van der Waals surface area contributed by atoms with Crippen LogP contribution in [0, 0.1) is 5.92 Å². The summed E-state index contributed by atoms with van der Waals surface area (Å²) in [5, 5.41) is 9.63. The van der Waals surface area contributed by atoms with Gasteiger partial charge in [0.05, 0.1) is 5.54 Å². The summed E-state index contributed by atoms with van der Waals surface area (Å²) in [5.41, 5.74) is -0.955. The number of guanidine groups is 1. The number of amides is 1. The van der Waals surface area contributed by atoms with Gasteiger partial charge in [-0.25, -0.2) is 4.79 Å². The molecule has 7 heteroatoms. The molecule has 1 rings (SSSR count). The van der Waals surface area contributed by atoms with Gasteiger partial charge in [0, 0.05) is 20.1 Å². The maximum atomic E-state index is 12.0. The van der Waals surface area contributed by atoms with Crippen LogP contribution in [0.4, 0.5) is 4.79 Å². The van der Waals surface area contributed by atoms with E-state index in [9.17, 15) is 4.79 Å². The van der Waals surface area contributed by atoms with E-state index in [0.29, 0.717) is 12.5 Å². The molecule has 1 amide bonds. The average molecular weight is 384 g/mol. The highest BCUT2D eigenvalue weighted by Gasteiger charge is 2.25. The first kappa shape index (κ1) is 23.5. The summed E-state index contributed by atoms with van der Waals surface area (Å²) in [7, 11) is 1.77. The van der Waals surface area contributed by atoms with Crippen LogP contribution in [-0.2, 0) is 4.74 Å². The second-order valence-corrected chi connectivity index (χ2v) is 9.10. The fraction of sp³-hybridized carbons (Fsp3) is 0.900. The van der Waals surface area contributed by atoms with Crippen molar-refractivity contribution < 1.29 is 9.53 Å². The molecule has 27 heavy (non-hydrogen) atoms. The first-order chi connectivity index (χ1) is 12.5. The number of aliphatic imine (C=N–C) groups is 1. The quantitative estimate of drug-likeness (QED) is 0.465. The Bertz CT molecular complexity index is 477. The fourth-order valence-electron chi connectivity index (χ4n) is 3.12. The Hall–Kier alpha value is -1.50. The number of alkyl carbamates (subject to hydrolysis) is 1. The maximum absolute atomic E-state index is 12.0. The van der Waals surface area contributed by atoms with Crippen LogP contribution in [0.15, 0.2) is 4.99 Å². The Morgan fingerprint density at radius 3 is 2.30 bits per heavy atom. The number of carbonyl (C=O) groups is 1. The summed E-state index contributed by atoms with van der Waals surface area (Å²) in [5.74, 6) is 1.45. The third-order valence-corrected chi connectivity index (χ3v) is 4.57. The second kappa shape index (κ2) is 10.7. The fourth-order valence-corrected chi connectivity index (χ4v) is 3.12. The van der Waals surface area contributed by atoms with Crippen LogP contribution in [0.2, 0.25) is 0 Å². The van der Waals surface area contributed by atoms with Crippen LogP contribution >= 0.6 is 0 Å². The first-order valence-corrected chi connectivity index (χ1v) is 10.2. The number of hydrogen-bond acceptors (Lipinski definition) is 4. The van der Waals surface area contributed by atoms with Gasteiger partial charge in [-0.15, -0.1) is 0 Å². The highest BCUT2D eigenvalue weighted by Crippen LogP contribution is 2.16. The molecular formula is C20H41N5O2. The van der Waals surface area contributed by atoms with Crippen molar-refractivity contribution in [1.82, 2.24) is 20.9 Å². The van der Waals surface area contributed by atoms with E-state index in [2.05, 4.69) is 32.8 Å². The Morgan fingerprint density at radius 1 is 1.15 bits per heavy atom. The number of likely N-dealkylation sites (tertiary alicyclic amines) is 1. The zero-order chi connectivity index (χ0) is 20.5. The summed E-state index contributed by atoms with van der Waals surface area (Å²) in [6.45, 7) is 16.8. The minimum atomic E-state index is -0.502. The van der Waals surface area contributed by atoms with Crippen LogP contribution in [0.1, 0.15) is 60.8 Å². The molecule has 0 radical (unpaired) electrons. The summed E-state index contributed by atoms with van der Waals surface area (Å²) >= 11 is 0. The Balaban J connectivity index is 2.34. The molecule has 1 aliphatic heterocycles. The Kier molecular flexibility index (Phi) is 9.36. The van der Waals surface area contributed by atoms with Crippen molar-refractivity contribution in [3.05, 3.63) is 0 Å². The third-order valence-electron chi connectivity index (χ3n) is 4.57. The van der Waals surface area contributed by atoms with E-state index in [-0.39, 0.29) is 0 Å². The summed E-state index contributed by atoms with van der Waals surface area (Å²) in [6.07, 6.45) is 3.29. The molecule has 0 aliphatic carbocycles. The van der Waals surface area contributed by atoms with Gasteiger partial charge in [-0.1, -0.05) is 6.92 Å². The molecule has 0 bridgehead atoms. The van der Waals surface area contributed by atoms with Crippen molar-refractivity contribution in [3.63, 3.8) is 0 Å². The monoisotopic (exact) mass is 383 g/mol. The van der Waals surface area contributed by atoms with Crippen molar-refractivity contribution >= 4 is 12.1 Å². The second-order valence-electron chi connectivity index (χ2n) is 9.10. The lowest BCUT2D eigenvalue weighted by Crippen LogP contribution is -2.54. The maximum Gasteiger partial charge on any atom is 0.408 e. The van der Waals surface area contributed by atoms with Gasteiger partial charge in [-0.3, -0.25) is 4.99 Å². The zero-order valence-electron chi connectivity index (χ0n) is 18.4. The van der Waals surface area contributed by atoms with E-state index >= 15 is 0 Å². The normalized spacial score (nSPS) is 17.5. The topological polar surface area (TPSA) is 78.0 Å². The predicted molar refractivity (Wildman–Crippen MR) is 112 cm³/mol. The number of piperidine rings is 1. The van der Waals surface area contributed by atoms with Gasteiger partial charge in [0.2, 0.25) is 0 Å². The summed E-state index contributed by atoms with van der Waals surface area (Å²) < 4.78 is 5.33. The van der Waals surface area contributed by atoms with Gasteiger partial charge in [0.25, 0.3) is 0 Å². The number of nitrogens with one attached hydrogen (secondary N) is 3. The molecule has 3 N–H and O–H groups in total. The number of nitrogens with zero attached hydrogens (tertiary/aromatic N) is 2. The molecular weight excluding hydrogens is 342 g/mol. The van der Waals surface area contributed by atoms with Crippen molar-refractivity contribution in [3.8, 4) is 0 Å². The standard InChI is InChI=1S/C20H41N5O2/c1-8-11-25-12-9-16(10-13-25)14-22-17(21-7)23-15-20(5,6)24-18(26)27-19(2,3)4/h16H,8-15H2,1-7H3,(H,24,26)(H2,21,22,23). The van der Waals surface area contributed by atoms with E-state index in [1.807, 2.05) is 34.6 Å². The number of hydrogen-bond donors (Lipinski definition) is 3. The number of carbonyl (C=O) groups excluding carboxylic acids is 1. The first-order valence-electron chi connectivity index (χ1n) is 10.2. The van der Waals surface area contributed by atoms with E-state index in [1.165, 1.54) is 38.9 Å². The molecule has 1 fully saturated rings. The molecule has 1 saturated heterocycles. The lowest BCUT2D eigenvalue weighted by Gasteiger charge is -2.32. The minimum Gasteiger partial charge on any atom is -0.444 e. The van der Waals surface area contributed by atoms with Crippen LogP contribution in [0.5, 0.6) is 0 Å². The number of ether oxygens (including phenoxy) is 1. The molecule has 1 aliphatic rings. The van der Waals surface area contributed by atoms with Gasteiger partial charge < -0.3 is 25.6 Å². The minimum absolute atomic E-state index is 0.406. The Labute approximate surface area is 165 Å². The molecule has 0 aromatic heterocycles. The molecule has 0 unspecified atom stereocenters. The largest absolute Gasteiger partial charge is 0.444 e. The van der Waals surface area contributed by atoms with Gasteiger partial charge in [0.1, 0.15) is 5.60 Å². The smallest absolute Gasteiger partial charge is 0.408 e. The van der Waals surface area contributed by atoms with Crippen LogP contribution in [-0.4, -0.2) is 67.9 Å². The van der Waals surface area contributed by atoms with E-state index in [0.717, 1.165) is 12.5 Å². The molecule has 0 aromatic carbocycles. The molecule has 1 heterocycles. The van der Waals surface area contributed by atoms with Crippen molar-refractivity contribution in [1.29, 1.82) is 0 Å². The number of rotatable bonds is 7. The molecule has 0 spiro atoms. The summed E-state index contributed by atoms with van der Waals surface area (Å²) in [4.78, 5) is 18.8. The van der Waals surface area contributed by atoms with Gasteiger partial charge in [-0.05, 0) is 79.4 Å². The zero-order valence-corrected chi connectivity index (χ0v) is 18.4. The summed E-state index contributed by atoms with van der Waals surface area (Å²) in [6, 6.07) is 0. The van der Waals surface area contributed by atoms with Gasteiger partial charge in [0.15, 0.2) is 5.96 Å². The lowest BCUT2D eigenvalue weighted by molar-refractivity contribution is 0.0474. The predicted octanol–water partition coefficient (Wildman–Crippen LogP) is 2.58. The molecule has 0 aromatic rings. The van der Waals surface area contributed by atoms with Gasteiger partial charge >= 0.3 is 6.09 Å². The van der Waals surface area contributed by atoms with E-state index < -0.39 is 17.2 Å². The van der Waals surface area contributed by atoms with E-state index in [1.54, 1.807) is 7.05 Å². The Morgan fingerprint density at radius 2 is 1.78 bits per heavy atom. The lowest BCUT2D eigenvalue weighted by atomic mass is 9.97. The highest BCUT2D eigenvalue weighted by atomic mass is 16.6. The molecule has 7 nitrogen and oxygen atoms in total. The molecule has 0 atom stereocenters.